The van der Waals surface area contributed by atoms with Gasteiger partial charge in [0, 0.05) is 28.8 Å². The van der Waals surface area contributed by atoms with Crippen LogP contribution in [-0.2, 0) is 18.3 Å². The van der Waals surface area contributed by atoms with Gasteiger partial charge in [-0.05, 0) is 18.6 Å². The number of benzene rings is 1. The number of rotatable bonds is 4. The van der Waals surface area contributed by atoms with Crippen molar-refractivity contribution in [2.45, 2.75) is 45.1 Å². The van der Waals surface area contributed by atoms with E-state index in [0.717, 1.165) is 10.7 Å². The van der Waals surface area contributed by atoms with E-state index >= 15 is 0 Å². The van der Waals surface area contributed by atoms with E-state index in [4.69, 9.17) is 5.73 Å². The van der Waals surface area contributed by atoms with Gasteiger partial charge in [-0.25, -0.2) is 13.8 Å². The molecule has 0 radical (unpaired) electrons. The number of nitrogens with zero attached hydrogens (tertiary/aromatic N) is 1. The molecule has 1 heterocycles. The van der Waals surface area contributed by atoms with Crippen LogP contribution < -0.4 is 5.73 Å². The Morgan fingerprint density at radius 3 is 2.33 bits per heavy atom. The molecule has 0 saturated carbocycles. The maximum atomic E-state index is 13.6. The molecule has 0 spiro atoms. The van der Waals surface area contributed by atoms with Gasteiger partial charge >= 0.3 is 0 Å². The molecule has 1 atom stereocenters. The van der Waals surface area contributed by atoms with Gasteiger partial charge in [-0.2, -0.15) is 0 Å². The number of thiazole rings is 1. The molecule has 0 bridgehead atoms. The zero-order valence-electron chi connectivity index (χ0n) is 12.5. The van der Waals surface area contributed by atoms with Crippen LogP contribution in [0.2, 0.25) is 0 Å². The highest BCUT2D eigenvalue weighted by atomic mass is 32.1. The predicted molar refractivity (Wildman–Crippen MR) is 82.6 cm³/mol. The van der Waals surface area contributed by atoms with Gasteiger partial charge in [0.2, 0.25) is 0 Å². The Kier molecular flexibility index (Phi) is 4.74. The minimum absolute atomic E-state index is 0.00348. The second kappa shape index (κ2) is 6.20. The van der Waals surface area contributed by atoms with Crippen molar-refractivity contribution in [1.82, 2.24) is 4.98 Å². The zero-order chi connectivity index (χ0) is 15.6. The summed E-state index contributed by atoms with van der Waals surface area (Å²) in [6, 6.07) is 3.52. The van der Waals surface area contributed by atoms with Crippen LogP contribution in [0.1, 0.15) is 37.0 Å². The van der Waals surface area contributed by atoms with Gasteiger partial charge < -0.3 is 5.73 Å². The van der Waals surface area contributed by atoms with Crippen molar-refractivity contribution >= 4 is 11.3 Å². The van der Waals surface area contributed by atoms with Crippen LogP contribution in [0.15, 0.2) is 23.6 Å². The number of halogens is 2. The molecular formula is C16H20F2N2S. The topological polar surface area (TPSA) is 38.9 Å². The van der Waals surface area contributed by atoms with Crippen molar-refractivity contribution in [2.75, 3.05) is 0 Å². The van der Waals surface area contributed by atoms with Crippen molar-refractivity contribution in [1.29, 1.82) is 0 Å². The molecule has 0 aliphatic heterocycles. The third-order valence-corrected chi connectivity index (χ3v) is 4.16. The third kappa shape index (κ3) is 4.08. The van der Waals surface area contributed by atoms with Crippen LogP contribution in [0, 0.1) is 11.6 Å². The van der Waals surface area contributed by atoms with E-state index < -0.39 is 11.6 Å². The largest absolute Gasteiger partial charge is 0.327 e. The van der Waals surface area contributed by atoms with Crippen molar-refractivity contribution in [2.24, 2.45) is 5.73 Å². The predicted octanol–water partition coefficient (Wildman–Crippen LogP) is 3.83. The number of nitrogens with two attached hydrogens (primary N) is 1. The molecule has 2 N–H and O–H groups in total. The molecule has 1 aromatic carbocycles. The Balaban J connectivity index is 2.05. The van der Waals surface area contributed by atoms with Crippen LogP contribution in [-0.4, -0.2) is 11.0 Å². The van der Waals surface area contributed by atoms with E-state index in [2.05, 4.69) is 25.8 Å². The average molecular weight is 310 g/mol. The maximum Gasteiger partial charge on any atom is 0.129 e. The minimum atomic E-state index is -0.542. The van der Waals surface area contributed by atoms with E-state index in [1.807, 2.05) is 5.38 Å². The molecule has 2 aromatic rings. The highest BCUT2D eigenvalue weighted by molar-refractivity contribution is 7.09. The van der Waals surface area contributed by atoms with Gasteiger partial charge in [0.1, 0.15) is 11.6 Å². The molecule has 0 fully saturated rings. The second-order valence-electron chi connectivity index (χ2n) is 6.25. The van der Waals surface area contributed by atoms with E-state index in [0.29, 0.717) is 6.42 Å². The summed E-state index contributed by atoms with van der Waals surface area (Å²) >= 11 is 1.55. The first-order valence-electron chi connectivity index (χ1n) is 6.90. The van der Waals surface area contributed by atoms with Crippen LogP contribution in [0.4, 0.5) is 8.78 Å². The van der Waals surface area contributed by atoms with Crippen LogP contribution in [0.5, 0.6) is 0 Å². The van der Waals surface area contributed by atoms with E-state index in [9.17, 15) is 8.78 Å². The molecule has 0 amide bonds. The highest BCUT2D eigenvalue weighted by Gasteiger charge is 2.19. The first-order valence-corrected chi connectivity index (χ1v) is 7.78. The Hall–Kier alpha value is -1.33. The summed E-state index contributed by atoms with van der Waals surface area (Å²) in [5.74, 6) is -1.08. The molecule has 1 unspecified atom stereocenters. The smallest absolute Gasteiger partial charge is 0.129 e. The van der Waals surface area contributed by atoms with Gasteiger partial charge in [0.15, 0.2) is 0 Å². The monoisotopic (exact) mass is 310 g/mol. The van der Waals surface area contributed by atoms with E-state index in [-0.39, 0.29) is 23.4 Å². The van der Waals surface area contributed by atoms with Gasteiger partial charge in [-0.3, -0.25) is 0 Å². The molecule has 0 aliphatic carbocycles. The Bertz CT molecular complexity index is 597. The van der Waals surface area contributed by atoms with Gasteiger partial charge in [0.05, 0.1) is 10.7 Å². The fourth-order valence-corrected chi connectivity index (χ4v) is 3.15. The van der Waals surface area contributed by atoms with Crippen LogP contribution in [0.3, 0.4) is 0 Å². The SMILES string of the molecule is CC(C)(C)c1csc(CC(N)Cc2c(F)cccc2F)n1. The highest BCUT2D eigenvalue weighted by Crippen LogP contribution is 2.24. The van der Waals surface area contributed by atoms with Crippen LogP contribution >= 0.6 is 11.3 Å². The Morgan fingerprint density at radius 1 is 1.19 bits per heavy atom. The summed E-state index contributed by atoms with van der Waals surface area (Å²) in [5, 5.41) is 2.93. The van der Waals surface area contributed by atoms with Crippen molar-refractivity contribution in [3.63, 3.8) is 0 Å². The molecule has 2 nitrogen and oxygen atoms in total. The molecule has 5 heteroatoms. The van der Waals surface area contributed by atoms with Gasteiger partial charge in [-0.15, -0.1) is 11.3 Å². The Labute approximate surface area is 128 Å². The molecular weight excluding hydrogens is 290 g/mol. The first kappa shape index (κ1) is 16.0. The molecule has 0 aliphatic rings. The third-order valence-electron chi connectivity index (χ3n) is 3.28. The lowest BCUT2D eigenvalue weighted by molar-refractivity contribution is 0.532. The zero-order valence-corrected chi connectivity index (χ0v) is 13.3. The fourth-order valence-electron chi connectivity index (χ4n) is 2.04. The Morgan fingerprint density at radius 2 is 1.81 bits per heavy atom. The van der Waals surface area contributed by atoms with E-state index in [1.165, 1.54) is 18.2 Å². The quantitative estimate of drug-likeness (QED) is 0.932. The molecule has 21 heavy (non-hydrogen) atoms. The molecule has 2 rings (SSSR count). The summed E-state index contributed by atoms with van der Waals surface area (Å²) in [6.45, 7) is 6.29. The minimum Gasteiger partial charge on any atom is -0.327 e. The lowest BCUT2D eigenvalue weighted by Gasteiger charge is -2.14. The summed E-state index contributed by atoms with van der Waals surface area (Å²) < 4.78 is 27.2. The van der Waals surface area contributed by atoms with Crippen LogP contribution in [0.25, 0.3) is 0 Å². The standard InChI is InChI=1S/C16H20F2N2S/c1-16(2,3)14-9-21-15(20-14)8-10(19)7-11-12(17)5-4-6-13(11)18/h4-6,9-10H,7-8,19H2,1-3H3. The summed E-state index contributed by atoms with van der Waals surface area (Å²) in [7, 11) is 0. The van der Waals surface area contributed by atoms with E-state index in [1.54, 1.807) is 11.3 Å². The summed E-state index contributed by atoms with van der Waals surface area (Å²) in [4.78, 5) is 4.56. The molecule has 114 valence electrons. The fraction of sp³-hybridized carbons (Fsp3) is 0.438. The average Bonchev–Trinajstić information content (AvgIpc) is 2.82. The maximum absolute atomic E-state index is 13.6. The van der Waals surface area contributed by atoms with Gasteiger partial charge in [-0.1, -0.05) is 26.8 Å². The van der Waals surface area contributed by atoms with Gasteiger partial charge in [0.25, 0.3) is 0 Å². The first-order chi connectivity index (χ1) is 9.77. The van der Waals surface area contributed by atoms with Crippen molar-refractivity contribution in [3.8, 4) is 0 Å². The summed E-state index contributed by atoms with van der Waals surface area (Å²) in [6.07, 6.45) is 0.692. The second-order valence-corrected chi connectivity index (χ2v) is 7.19. The normalized spacial score (nSPS) is 13.4. The molecule has 1 aromatic heterocycles. The lowest BCUT2D eigenvalue weighted by atomic mass is 9.93. The molecule has 0 saturated heterocycles. The number of hydrogen-bond donors (Lipinski definition) is 1. The summed E-state index contributed by atoms with van der Waals surface area (Å²) in [5.41, 5.74) is 7.10. The number of hydrogen-bond acceptors (Lipinski definition) is 3. The van der Waals surface area contributed by atoms with Crippen molar-refractivity contribution < 1.29 is 8.78 Å². The lowest BCUT2D eigenvalue weighted by Crippen LogP contribution is -2.26. The number of aromatic nitrogens is 1. The van der Waals surface area contributed by atoms with Crippen molar-refractivity contribution in [3.05, 3.63) is 51.5 Å².